The van der Waals surface area contributed by atoms with Crippen LogP contribution in [0.4, 0.5) is 0 Å². The van der Waals surface area contributed by atoms with Crippen LogP contribution in [0.15, 0.2) is 47.2 Å². The number of nitrogens with one attached hydrogen (secondary N) is 1. The number of hydrogen-bond acceptors (Lipinski definition) is 3. The molecule has 2 aromatic heterocycles. The summed E-state index contributed by atoms with van der Waals surface area (Å²) in [7, 11) is 0. The zero-order valence-electron chi connectivity index (χ0n) is 9.55. The minimum absolute atomic E-state index is 0.187. The van der Waals surface area contributed by atoms with Crippen molar-refractivity contribution in [2.75, 3.05) is 0 Å². The summed E-state index contributed by atoms with van der Waals surface area (Å²) in [5.41, 5.74) is 1.04. The van der Waals surface area contributed by atoms with E-state index >= 15 is 0 Å². The van der Waals surface area contributed by atoms with E-state index in [2.05, 4.69) is 24.1 Å². The van der Waals surface area contributed by atoms with Crippen molar-refractivity contribution in [3.05, 3.63) is 54.2 Å². The van der Waals surface area contributed by atoms with Crippen LogP contribution in [-0.4, -0.2) is 4.98 Å². The largest absolute Gasteiger partial charge is 0.468 e. The zero-order valence-corrected chi connectivity index (χ0v) is 9.55. The maximum absolute atomic E-state index is 5.35. The van der Waals surface area contributed by atoms with Gasteiger partial charge in [0, 0.05) is 12.2 Å². The lowest BCUT2D eigenvalue weighted by Crippen LogP contribution is -2.22. The van der Waals surface area contributed by atoms with Gasteiger partial charge in [0.1, 0.15) is 5.76 Å². The third-order valence-electron chi connectivity index (χ3n) is 2.60. The molecule has 0 radical (unpaired) electrons. The third kappa shape index (κ3) is 2.49. The van der Waals surface area contributed by atoms with E-state index < -0.39 is 0 Å². The predicted molar refractivity (Wildman–Crippen MR) is 62.9 cm³/mol. The number of nitrogens with zero attached hydrogens (tertiary/aromatic N) is 1. The average molecular weight is 216 g/mol. The summed E-state index contributed by atoms with van der Waals surface area (Å²) in [6, 6.07) is 10.2. The molecule has 0 saturated heterocycles. The van der Waals surface area contributed by atoms with E-state index in [1.807, 2.05) is 36.5 Å². The molecule has 0 spiro atoms. The molecule has 2 heterocycles. The summed E-state index contributed by atoms with van der Waals surface area (Å²) in [5, 5.41) is 3.44. The Hall–Kier alpha value is -1.61. The topological polar surface area (TPSA) is 38.1 Å². The minimum atomic E-state index is 0.187. The summed E-state index contributed by atoms with van der Waals surface area (Å²) in [5.74, 6) is 0.947. The van der Waals surface area contributed by atoms with Gasteiger partial charge in [-0.2, -0.15) is 0 Å². The molecule has 0 aliphatic carbocycles. The van der Waals surface area contributed by atoms with Gasteiger partial charge in [0.05, 0.1) is 18.0 Å². The van der Waals surface area contributed by atoms with Gasteiger partial charge in [0.2, 0.25) is 0 Å². The fourth-order valence-corrected chi connectivity index (χ4v) is 1.71. The second-order valence-corrected chi connectivity index (χ2v) is 3.88. The van der Waals surface area contributed by atoms with Crippen molar-refractivity contribution < 1.29 is 4.42 Å². The molecule has 0 saturated carbocycles. The molecule has 16 heavy (non-hydrogen) atoms. The molecular weight excluding hydrogens is 200 g/mol. The van der Waals surface area contributed by atoms with Gasteiger partial charge in [-0.15, -0.1) is 0 Å². The lowest BCUT2D eigenvalue weighted by atomic mass is 10.1. The third-order valence-corrected chi connectivity index (χ3v) is 2.60. The lowest BCUT2D eigenvalue weighted by molar-refractivity contribution is 0.400. The van der Waals surface area contributed by atoms with Crippen molar-refractivity contribution in [2.24, 2.45) is 0 Å². The van der Waals surface area contributed by atoms with Crippen molar-refractivity contribution in [1.82, 2.24) is 10.3 Å². The first-order valence-electron chi connectivity index (χ1n) is 5.48. The highest BCUT2D eigenvalue weighted by Gasteiger charge is 2.13. The van der Waals surface area contributed by atoms with Crippen LogP contribution in [0.25, 0.3) is 0 Å². The zero-order chi connectivity index (χ0) is 11.4. The molecule has 1 unspecified atom stereocenters. The Bertz CT molecular complexity index is 411. The summed E-state index contributed by atoms with van der Waals surface area (Å²) in [4.78, 5) is 4.32. The van der Waals surface area contributed by atoms with Gasteiger partial charge in [-0.25, -0.2) is 0 Å². The van der Waals surface area contributed by atoms with E-state index in [4.69, 9.17) is 4.42 Å². The van der Waals surface area contributed by atoms with Crippen LogP contribution in [-0.2, 0) is 0 Å². The second kappa shape index (κ2) is 4.94. The maximum Gasteiger partial charge on any atom is 0.120 e. The van der Waals surface area contributed by atoms with Crippen LogP contribution in [0.1, 0.15) is 37.4 Å². The summed E-state index contributed by atoms with van der Waals surface area (Å²) in [6.45, 7) is 4.18. The van der Waals surface area contributed by atoms with E-state index in [0.717, 1.165) is 11.5 Å². The van der Waals surface area contributed by atoms with E-state index in [0.29, 0.717) is 0 Å². The fraction of sp³-hybridized carbons (Fsp3) is 0.308. The van der Waals surface area contributed by atoms with Crippen molar-refractivity contribution in [3.8, 4) is 0 Å². The van der Waals surface area contributed by atoms with Gasteiger partial charge < -0.3 is 4.42 Å². The molecule has 3 nitrogen and oxygen atoms in total. The van der Waals surface area contributed by atoms with Crippen LogP contribution >= 0.6 is 0 Å². The van der Waals surface area contributed by atoms with E-state index in [9.17, 15) is 0 Å². The second-order valence-electron chi connectivity index (χ2n) is 3.88. The first-order valence-corrected chi connectivity index (χ1v) is 5.48. The fourth-order valence-electron chi connectivity index (χ4n) is 1.71. The van der Waals surface area contributed by atoms with Crippen LogP contribution in [0.2, 0.25) is 0 Å². The summed E-state index contributed by atoms with van der Waals surface area (Å²) < 4.78 is 5.35. The Morgan fingerprint density at radius 3 is 2.62 bits per heavy atom. The Kier molecular flexibility index (Phi) is 3.37. The predicted octanol–water partition coefficient (Wildman–Crippen LogP) is 3.09. The number of aromatic nitrogens is 1. The van der Waals surface area contributed by atoms with E-state index in [1.165, 1.54) is 0 Å². The monoisotopic (exact) mass is 216 g/mol. The minimum Gasteiger partial charge on any atom is -0.468 e. The van der Waals surface area contributed by atoms with Crippen LogP contribution < -0.4 is 5.32 Å². The smallest absolute Gasteiger partial charge is 0.120 e. The Labute approximate surface area is 95.5 Å². The van der Waals surface area contributed by atoms with Crippen molar-refractivity contribution in [3.63, 3.8) is 0 Å². The van der Waals surface area contributed by atoms with Crippen molar-refractivity contribution >= 4 is 0 Å². The van der Waals surface area contributed by atoms with Crippen LogP contribution in [0.3, 0.4) is 0 Å². The number of pyridine rings is 1. The molecule has 2 aromatic rings. The van der Waals surface area contributed by atoms with Crippen LogP contribution in [0.5, 0.6) is 0 Å². The first-order chi connectivity index (χ1) is 7.77. The molecule has 0 aliphatic rings. The lowest BCUT2D eigenvalue weighted by Gasteiger charge is -2.17. The van der Waals surface area contributed by atoms with Crippen molar-refractivity contribution in [1.29, 1.82) is 0 Å². The van der Waals surface area contributed by atoms with Gasteiger partial charge >= 0.3 is 0 Å². The molecule has 0 fully saturated rings. The van der Waals surface area contributed by atoms with Gasteiger partial charge in [0.25, 0.3) is 0 Å². The normalized spacial score (nSPS) is 14.6. The average Bonchev–Trinajstić information content (AvgIpc) is 2.83. The van der Waals surface area contributed by atoms with Gasteiger partial charge in [-0.05, 0) is 38.1 Å². The highest BCUT2D eigenvalue weighted by molar-refractivity contribution is 5.10. The maximum atomic E-state index is 5.35. The molecule has 0 aliphatic heterocycles. The highest BCUT2D eigenvalue weighted by atomic mass is 16.3. The number of hydrogen-bond donors (Lipinski definition) is 1. The highest BCUT2D eigenvalue weighted by Crippen LogP contribution is 2.17. The first kappa shape index (κ1) is 10.9. The van der Waals surface area contributed by atoms with Gasteiger partial charge in [-0.3, -0.25) is 10.3 Å². The van der Waals surface area contributed by atoms with Crippen LogP contribution in [0, 0.1) is 0 Å². The molecule has 3 heteroatoms. The molecule has 2 rings (SSSR count). The SMILES string of the molecule is CC(N[C@@H](C)c1ccccn1)c1ccco1. The summed E-state index contributed by atoms with van der Waals surface area (Å²) in [6.07, 6.45) is 3.50. The van der Waals surface area contributed by atoms with Crippen molar-refractivity contribution in [2.45, 2.75) is 25.9 Å². The Balaban J connectivity index is 2.00. The van der Waals surface area contributed by atoms with Gasteiger partial charge in [-0.1, -0.05) is 6.07 Å². The Morgan fingerprint density at radius 2 is 2.00 bits per heavy atom. The molecule has 84 valence electrons. The molecule has 1 N–H and O–H groups in total. The molecule has 0 amide bonds. The molecule has 2 atom stereocenters. The Morgan fingerprint density at radius 1 is 1.12 bits per heavy atom. The van der Waals surface area contributed by atoms with E-state index in [-0.39, 0.29) is 12.1 Å². The number of furan rings is 1. The quantitative estimate of drug-likeness (QED) is 0.853. The molecular formula is C13H16N2O. The van der Waals surface area contributed by atoms with Gasteiger partial charge in [0.15, 0.2) is 0 Å². The summed E-state index contributed by atoms with van der Waals surface area (Å²) >= 11 is 0. The number of rotatable bonds is 4. The molecule has 0 aromatic carbocycles. The van der Waals surface area contributed by atoms with E-state index in [1.54, 1.807) is 6.26 Å². The molecule has 0 bridgehead atoms. The standard InChI is InChI=1S/C13H16N2O/c1-10(12-6-3-4-8-14-12)15-11(2)13-7-5-9-16-13/h3-11,15H,1-2H3/t10-,11?/m0/s1.